The maximum absolute atomic E-state index is 11.9. The Morgan fingerprint density at radius 3 is 3.00 bits per heavy atom. The van der Waals surface area contributed by atoms with E-state index >= 15 is 0 Å². The molecule has 1 aromatic rings. The van der Waals surface area contributed by atoms with E-state index in [9.17, 15) is 9.59 Å². The van der Waals surface area contributed by atoms with Gasteiger partial charge in [0.05, 0.1) is 11.8 Å². The second-order valence-electron chi connectivity index (χ2n) is 4.73. The van der Waals surface area contributed by atoms with Crippen molar-refractivity contribution < 1.29 is 9.59 Å². The van der Waals surface area contributed by atoms with Crippen LogP contribution in [0.3, 0.4) is 0 Å². The van der Waals surface area contributed by atoms with E-state index in [4.69, 9.17) is 0 Å². The number of carbonyl (C=O) groups excluding carboxylic acids is 2. The third-order valence-electron chi connectivity index (χ3n) is 3.12. The molecule has 1 aromatic heterocycles. The van der Waals surface area contributed by atoms with Crippen molar-refractivity contribution in [3.8, 4) is 0 Å². The Bertz CT molecular complexity index is 455. The van der Waals surface area contributed by atoms with Gasteiger partial charge in [-0.2, -0.15) is 5.10 Å². The van der Waals surface area contributed by atoms with Crippen LogP contribution in [0, 0.1) is 6.92 Å². The summed E-state index contributed by atoms with van der Waals surface area (Å²) in [6.45, 7) is 5.07. The summed E-state index contributed by atoms with van der Waals surface area (Å²) in [4.78, 5) is 25.2. The molecule has 0 bridgehead atoms. The molecule has 0 aliphatic carbocycles. The van der Waals surface area contributed by atoms with Crippen molar-refractivity contribution in [1.82, 2.24) is 20.4 Å². The minimum absolute atomic E-state index is 0.0613. The molecule has 1 fully saturated rings. The summed E-state index contributed by atoms with van der Waals surface area (Å²) >= 11 is 0. The molecule has 1 atom stereocenters. The van der Waals surface area contributed by atoms with Crippen LogP contribution in [0.4, 0.5) is 0 Å². The highest BCUT2D eigenvalue weighted by Crippen LogP contribution is 2.10. The van der Waals surface area contributed by atoms with Gasteiger partial charge in [0.1, 0.15) is 0 Å². The van der Waals surface area contributed by atoms with Crippen LogP contribution < -0.4 is 5.32 Å². The molecule has 1 aliphatic rings. The molecule has 0 saturated carbocycles. The number of aromatic amines is 1. The number of aryl methyl sites for hydroxylation is 1. The highest BCUT2D eigenvalue weighted by atomic mass is 16.2. The van der Waals surface area contributed by atoms with Crippen LogP contribution in [0.5, 0.6) is 0 Å². The van der Waals surface area contributed by atoms with E-state index in [1.165, 1.54) is 6.20 Å². The highest BCUT2D eigenvalue weighted by molar-refractivity contribution is 5.95. The second kappa shape index (κ2) is 5.20. The molecule has 0 spiro atoms. The summed E-state index contributed by atoms with van der Waals surface area (Å²) in [6.07, 6.45) is 3.06. The van der Waals surface area contributed by atoms with Gasteiger partial charge in [-0.15, -0.1) is 0 Å². The largest absolute Gasteiger partial charge is 0.348 e. The zero-order chi connectivity index (χ0) is 13.1. The molecular weight excluding hydrogens is 232 g/mol. The number of likely N-dealkylation sites (tertiary alicyclic amines) is 1. The molecule has 98 valence electrons. The standard InChI is InChI=1S/C12H18N4O2/c1-8(7-16-5-3-4-11(16)17)14-12(18)10-6-13-15-9(10)2/h6,8H,3-5,7H2,1-2H3,(H,13,15)(H,14,18). The molecular formula is C12H18N4O2. The molecule has 1 saturated heterocycles. The Hall–Kier alpha value is -1.85. The van der Waals surface area contributed by atoms with E-state index in [2.05, 4.69) is 15.5 Å². The van der Waals surface area contributed by atoms with E-state index in [0.717, 1.165) is 18.7 Å². The van der Waals surface area contributed by atoms with Crippen molar-refractivity contribution in [2.75, 3.05) is 13.1 Å². The predicted molar refractivity (Wildman–Crippen MR) is 66.1 cm³/mol. The number of aromatic nitrogens is 2. The van der Waals surface area contributed by atoms with Crippen LogP contribution in [0.2, 0.25) is 0 Å². The number of hydrogen-bond acceptors (Lipinski definition) is 3. The lowest BCUT2D eigenvalue weighted by molar-refractivity contribution is -0.127. The molecule has 2 N–H and O–H groups in total. The molecule has 6 nitrogen and oxygen atoms in total. The van der Waals surface area contributed by atoms with Crippen LogP contribution in [0.25, 0.3) is 0 Å². The zero-order valence-corrected chi connectivity index (χ0v) is 10.7. The molecule has 6 heteroatoms. The quantitative estimate of drug-likeness (QED) is 0.814. The van der Waals surface area contributed by atoms with Gasteiger partial charge in [-0.25, -0.2) is 0 Å². The van der Waals surface area contributed by atoms with Crippen LogP contribution in [-0.2, 0) is 4.79 Å². The average Bonchev–Trinajstić information content (AvgIpc) is 2.88. The van der Waals surface area contributed by atoms with Crippen LogP contribution in [0.15, 0.2) is 6.20 Å². The van der Waals surface area contributed by atoms with Crippen LogP contribution in [-0.4, -0.2) is 46.0 Å². The molecule has 2 rings (SSSR count). The number of nitrogens with one attached hydrogen (secondary N) is 2. The van der Waals surface area contributed by atoms with E-state index in [0.29, 0.717) is 18.5 Å². The Kier molecular flexibility index (Phi) is 3.64. The van der Waals surface area contributed by atoms with Gasteiger partial charge in [0.15, 0.2) is 0 Å². The maximum atomic E-state index is 11.9. The number of carbonyl (C=O) groups is 2. The van der Waals surface area contributed by atoms with E-state index in [-0.39, 0.29) is 17.9 Å². The minimum atomic E-state index is -0.152. The van der Waals surface area contributed by atoms with Gasteiger partial charge in [-0.3, -0.25) is 14.7 Å². The lowest BCUT2D eigenvalue weighted by atomic mass is 10.2. The van der Waals surface area contributed by atoms with Gasteiger partial charge in [-0.05, 0) is 20.3 Å². The first-order chi connectivity index (χ1) is 8.58. The SMILES string of the molecule is Cc1[nH]ncc1C(=O)NC(C)CN1CCCC1=O. The molecule has 1 aliphatic heterocycles. The van der Waals surface area contributed by atoms with Gasteiger partial charge in [-0.1, -0.05) is 0 Å². The average molecular weight is 250 g/mol. The normalized spacial score (nSPS) is 17.0. The van der Waals surface area contributed by atoms with Crippen LogP contribution >= 0.6 is 0 Å². The smallest absolute Gasteiger partial charge is 0.255 e. The Morgan fingerprint density at radius 2 is 2.44 bits per heavy atom. The van der Waals surface area contributed by atoms with Crippen molar-refractivity contribution in [3.05, 3.63) is 17.5 Å². The fraction of sp³-hybridized carbons (Fsp3) is 0.583. The molecule has 2 heterocycles. The second-order valence-corrected chi connectivity index (χ2v) is 4.73. The van der Waals surface area contributed by atoms with E-state index in [1.54, 1.807) is 11.8 Å². The number of amides is 2. The van der Waals surface area contributed by atoms with E-state index in [1.807, 2.05) is 6.92 Å². The van der Waals surface area contributed by atoms with Crippen molar-refractivity contribution in [1.29, 1.82) is 0 Å². The predicted octanol–water partition coefficient (Wildman–Crippen LogP) is 0.459. The topological polar surface area (TPSA) is 78.1 Å². The van der Waals surface area contributed by atoms with Gasteiger partial charge in [0.25, 0.3) is 5.91 Å². The van der Waals surface area contributed by atoms with Crippen molar-refractivity contribution in [3.63, 3.8) is 0 Å². The third kappa shape index (κ3) is 2.69. The summed E-state index contributed by atoms with van der Waals surface area (Å²) in [5.41, 5.74) is 1.30. The first-order valence-electron chi connectivity index (χ1n) is 6.16. The van der Waals surface area contributed by atoms with Crippen LogP contribution in [0.1, 0.15) is 35.8 Å². The summed E-state index contributed by atoms with van der Waals surface area (Å²) < 4.78 is 0. The maximum Gasteiger partial charge on any atom is 0.255 e. The number of rotatable bonds is 4. The Balaban J connectivity index is 1.88. The molecule has 18 heavy (non-hydrogen) atoms. The van der Waals surface area contributed by atoms with Gasteiger partial charge in [0.2, 0.25) is 5.91 Å². The van der Waals surface area contributed by atoms with Crippen molar-refractivity contribution in [2.24, 2.45) is 0 Å². The summed E-state index contributed by atoms with van der Waals surface area (Å²) in [5, 5.41) is 9.42. The van der Waals surface area contributed by atoms with Crippen molar-refractivity contribution in [2.45, 2.75) is 32.7 Å². The number of H-pyrrole nitrogens is 1. The first kappa shape index (κ1) is 12.6. The van der Waals surface area contributed by atoms with Gasteiger partial charge in [0, 0.05) is 31.2 Å². The Morgan fingerprint density at radius 1 is 1.67 bits per heavy atom. The minimum Gasteiger partial charge on any atom is -0.348 e. The summed E-state index contributed by atoms with van der Waals surface area (Å²) in [5.74, 6) is 0.0241. The molecule has 0 radical (unpaired) electrons. The number of nitrogens with zero attached hydrogens (tertiary/aromatic N) is 2. The molecule has 2 amide bonds. The lowest BCUT2D eigenvalue weighted by Gasteiger charge is -2.21. The van der Waals surface area contributed by atoms with Gasteiger partial charge >= 0.3 is 0 Å². The van der Waals surface area contributed by atoms with E-state index < -0.39 is 0 Å². The fourth-order valence-electron chi connectivity index (χ4n) is 2.15. The monoisotopic (exact) mass is 250 g/mol. The Labute approximate surface area is 106 Å². The number of hydrogen-bond donors (Lipinski definition) is 2. The fourth-order valence-corrected chi connectivity index (χ4v) is 2.15. The third-order valence-corrected chi connectivity index (χ3v) is 3.12. The summed E-state index contributed by atoms with van der Waals surface area (Å²) in [6, 6.07) is -0.0613. The molecule has 0 aromatic carbocycles. The lowest BCUT2D eigenvalue weighted by Crippen LogP contribution is -2.42. The zero-order valence-electron chi connectivity index (χ0n) is 10.7. The van der Waals surface area contributed by atoms with Crippen molar-refractivity contribution >= 4 is 11.8 Å². The summed E-state index contributed by atoms with van der Waals surface area (Å²) in [7, 11) is 0. The first-order valence-corrected chi connectivity index (χ1v) is 6.16. The highest BCUT2D eigenvalue weighted by Gasteiger charge is 2.22. The van der Waals surface area contributed by atoms with Gasteiger partial charge < -0.3 is 10.2 Å². The molecule has 1 unspecified atom stereocenters.